The van der Waals surface area contributed by atoms with Gasteiger partial charge in [0.2, 0.25) is 5.91 Å². The van der Waals surface area contributed by atoms with Gasteiger partial charge < -0.3 is 9.64 Å². The lowest BCUT2D eigenvalue weighted by atomic mass is 9.80. The minimum Gasteiger partial charge on any atom is -0.379 e. The van der Waals surface area contributed by atoms with Crippen molar-refractivity contribution in [1.29, 1.82) is 0 Å². The highest BCUT2D eigenvalue weighted by Gasteiger charge is 2.41. The molecule has 6 nitrogen and oxygen atoms in total. The molecule has 0 bridgehead atoms. The molecule has 3 rings (SSSR count). The lowest BCUT2D eigenvalue weighted by molar-refractivity contribution is -0.133. The Morgan fingerprint density at radius 2 is 2.15 bits per heavy atom. The van der Waals surface area contributed by atoms with Crippen molar-refractivity contribution in [1.82, 2.24) is 19.9 Å². The van der Waals surface area contributed by atoms with E-state index in [0.29, 0.717) is 13.2 Å². The molecule has 6 heteroatoms. The van der Waals surface area contributed by atoms with Crippen LogP contribution in [0.5, 0.6) is 0 Å². The molecule has 1 aromatic heterocycles. The first-order chi connectivity index (χ1) is 9.66. The van der Waals surface area contributed by atoms with Crippen LogP contribution in [0.3, 0.4) is 0 Å². The Hall–Kier alpha value is -1.43. The molecule has 0 aliphatic carbocycles. The Kier molecular flexibility index (Phi) is 3.50. The Balaban J connectivity index is 1.74. The quantitative estimate of drug-likeness (QED) is 0.828. The van der Waals surface area contributed by atoms with Gasteiger partial charge in [0.05, 0.1) is 30.5 Å². The second-order valence-corrected chi connectivity index (χ2v) is 5.92. The predicted molar refractivity (Wildman–Crippen MR) is 73.3 cm³/mol. The van der Waals surface area contributed by atoms with E-state index >= 15 is 0 Å². The minimum atomic E-state index is -0.274. The number of amides is 1. The number of nitrogens with zero attached hydrogens (tertiary/aromatic N) is 4. The van der Waals surface area contributed by atoms with Crippen LogP contribution in [0.15, 0.2) is 6.20 Å². The summed E-state index contributed by atoms with van der Waals surface area (Å²) in [6, 6.07) is -0.274. The summed E-state index contributed by atoms with van der Waals surface area (Å²) in [4.78, 5) is 14.3. The van der Waals surface area contributed by atoms with Crippen LogP contribution >= 0.6 is 0 Å². The monoisotopic (exact) mass is 278 g/mol. The lowest BCUT2D eigenvalue weighted by Crippen LogP contribution is -2.46. The molecule has 0 N–H and O–H groups in total. The summed E-state index contributed by atoms with van der Waals surface area (Å²) >= 11 is 0. The maximum absolute atomic E-state index is 12.4. The van der Waals surface area contributed by atoms with E-state index in [1.807, 2.05) is 18.0 Å². The summed E-state index contributed by atoms with van der Waals surface area (Å²) in [7, 11) is 0. The van der Waals surface area contributed by atoms with Crippen LogP contribution in [0, 0.1) is 0 Å². The third-order valence-electron chi connectivity index (χ3n) is 4.66. The van der Waals surface area contributed by atoms with Crippen molar-refractivity contribution in [3.05, 3.63) is 11.9 Å². The fraction of sp³-hybridized carbons (Fsp3) is 0.786. The van der Waals surface area contributed by atoms with E-state index in [9.17, 15) is 4.79 Å². The van der Waals surface area contributed by atoms with Gasteiger partial charge in [-0.3, -0.25) is 4.79 Å². The van der Waals surface area contributed by atoms with Crippen molar-refractivity contribution >= 4 is 5.91 Å². The SMILES string of the molecule is CCC1(c2cn(C(C)C(=O)N3CCCC3)nn2)COC1. The third-order valence-corrected chi connectivity index (χ3v) is 4.66. The molecule has 1 amide bonds. The Bertz CT molecular complexity index is 484. The van der Waals surface area contributed by atoms with Gasteiger partial charge in [-0.05, 0) is 26.2 Å². The number of carbonyl (C=O) groups is 1. The molecule has 2 saturated heterocycles. The first-order valence-electron chi connectivity index (χ1n) is 7.45. The van der Waals surface area contributed by atoms with Crippen molar-refractivity contribution in [3.8, 4) is 0 Å². The highest BCUT2D eigenvalue weighted by atomic mass is 16.5. The van der Waals surface area contributed by atoms with Gasteiger partial charge in [-0.25, -0.2) is 4.68 Å². The van der Waals surface area contributed by atoms with Gasteiger partial charge in [0.25, 0.3) is 0 Å². The highest BCUT2D eigenvalue weighted by Crippen LogP contribution is 2.34. The van der Waals surface area contributed by atoms with Crippen LogP contribution in [0.4, 0.5) is 0 Å². The zero-order chi connectivity index (χ0) is 14.2. The number of ether oxygens (including phenoxy) is 1. The molecular formula is C14H22N4O2. The van der Waals surface area contributed by atoms with Gasteiger partial charge in [-0.1, -0.05) is 12.1 Å². The maximum Gasteiger partial charge on any atom is 0.247 e. The summed E-state index contributed by atoms with van der Waals surface area (Å²) in [5.41, 5.74) is 0.960. The minimum absolute atomic E-state index is 0.00859. The van der Waals surface area contributed by atoms with Crippen molar-refractivity contribution < 1.29 is 9.53 Å². The molecular weight excluding hydrogens is 256 g/mol. The molecule has 20 heavy (non-hydrogen) atoms. The molecule has 0 saturated carbocycles. The van der Waals surface area contributed by atoms with Gasteiger partial charge >= 0.3 is 0 Å². The molecule has 1 aromatic rings. The van der Waals surface area contributed by atoms with Crippen molar-refractivity contribution in [2.24, 2.45) is 0 Å². The third kappa shape index (κ3) is 2.12. The van der Waals surface area contributed by atoms with E-state index in [1.165, 1.54) is 0 Å². The van der Waals surface area contributed by atoms with Gasteiger partial charge in [0, 0.05) is 13.1 Å². The van der Waals surface area contributed by atoms with Crippen LogP contribution in [0.2, 0.25) is 0 Å². The summed E-state index contributed by atoms with van der Waals surface area (Å²) in [5.74, 6) is 0.148. The second-order valence-electron chi connectivity index (χ2n) is 5.92. The number of aromatic nitrogens is 3. The van der Waals surface area contributed by atoms with Crippen LogP contribution in [-0.4, -0.2) is 52.1 Å². The van der Waals surface area contributed by atoms with E-state index < -0.39 is 0 Å². The van der Waals surface area contributed by atoms with Gasteiger partial charge in [0.15, 0.2) is 0 Å². The number of hydrogen-bond donors (Lipinski definition) is 0. The molecule has 2 aliphatic heterocycles. The summed E-state index contributed by atoms with van der Waals surface area (Å²) in [5, 5.41) is 8.44. The average Bonchev–Trinajstić information content (AvgIpc) is 3.08. The molecule has 1 atom stereocenters. The van der Waals surface area contributed by atoms with Gasteiger partial charge in [0.1, 0.15) is 6.04 Å². The first kappa shape index (κ1) is 13.5. The smallest absolute Gasteiger partial charge is 0.247 e. The normalized spacial score (nSPS) is 22.6. The van der Waals surface area contributed by atoms with E-state index in [4.69, 9.17) is 4.74 Å². The Morgan fingerprint density at radius 3 is 2.70 bits per heavy atom. The van der Waals surface area contributed by atoms with Crippen LogP contribution < -0.4 is 0 Å². The van der Waals surface area contributed by atoms with Crippen LogP contribution in [0.25, 0.3) is 0 Å². The molecule has 1 unspecified atom stereocenters. The molecule has 2 fully saturated rings. The topological polar surface area (TPSA) is 60.2 Å². The van der Waals surface area contributed by atoms with Crippen LogP contribution in [-0.2, 0) is 14.9 Å². The van der Waals surface area contributed by atoms with E-state index in [0.717, 1.165) is 38.0 Å². The molecule has 0 spiro atoms. The Labute approximate surface area is 119 Å². The predicted octanol–water partition coefficient (Wildman–Crippen LogP) is 1.14. The number of likely N-dealkylation sites (tertiary alicyclic amines) is 1. The van der Waals surface area contributed by atoms with E-state index in [1.54, 1.807) is 4.68 Å². The highest BCUT2D eigenvalue weighted by molar-refractivity contribution is 5.80. The average molecular weight is 278 g/mol. The Morgan fingerprint density at radius 1 is 1.45 bits per heavy atom. The van der Waals surface area contributed by atoms with Crippen LogP contribution in [0.1, 0.15) is 44.8 Å². The van der Waals surface area contributed by atoms with E-state index in [-0.39, 0.29) is 17.4 Å². The zero-order valence-electron chi connectivity index (χ0n) is 12.2. The summed E-state index contributed by atoms with van der Waals surface area (Å²) < 4.78 is 7.03. The summed E-state index contributed by atoms with van der Waals surface area (Å²) in [6.45, 7) is 7.19. The standard InChI is InChI=1S/C14H22N4O2/c1-3-14(9-20-10-14)12-8-18(16-15-12)11(2)13(19)17-6-4-5-7-17/h8,11H,3-7,9-10H2,1-2H3. The van der Waals surface area contributed by atoms with Crippen molar-refractivity contribution in [2.75, 3.05) is 26.3 Å². The van der Waals surface area contributed by atoms with E-state index in [2.05, 4.69) is 17.2 Å². The number of rotatable bonds is 4. The second kappa shape index (κ2) is 5.16. The molecule has 0 radical (unpaired) electrons. The fourth-order valence-corrected chi connectivity index (χ4v) is 2.91. The van der Waals surface area contributed by atoms with Crippen molar-refractivity contribution in [2.45, 2.75) is 44.6 Å². The summed E-state index contributed by atoms with van der Waals surface area (Å²) in [6.07, 6.45) is 5.12. The molecule has 2 aliphatic rings. The molecule has 3 heterocycles. The largest absolute Gasteiger partial charge is 0.379 e. The number of carbonyl (C=O) groups excluding carboxylic acids is 1. The van der Waals surface area contributed by atoms with Gasteiger partial charge in [-0.2, -0.15) is 0 Å². The molecule has 0 aromatic carbocycles. The fourth-order valence-electron chi connectivity index (χ4n) is 2.91. The maximum atomic E-state index is 12.4. The lowest BCUT2D eigenvalue weighted by Gasteiger charge is -2.38. The van der Waals surface area contributed by atoms with Gasteiger partial charge in [-0.15, -0.1) is 5.10 Å². The first-order valence-corrected chi connectivity index (χ1v) is 7.45. The van der Waals surface area contributed by atoms with Crippen molar-refractivity contribution in [3.63, 3.8) is 0 Å². The number of hydrogen-bond acceptors (Lipinski definition) is 4. The zero-order valence-corrected chi connectivity index (χ0v) is 12.2. The molecule has 110 valence electrons.